The third kappa shape index (κ3) is 3.96. The number of halogens is 1. The number of pyridine rings is 1. The lowest BCUT2D eigenvalue weighted by molar-refractivity contribution is 0.0446. The van der Waals surface area contributed by atoms with Gasteiger partial charge < -0.3 is 14.5 Å². The third-order valence-electron chi connectivity index (χ3n) is 6.13. The summed E-state index contributed by atoms with van der Waals surface area (Å²) in [6.07, 6.45) is 4.26. The van der Waals surface area contributed by atoms with Crippen molar-refractivity contribution in [3.05, 3.63) is 88.5 Å². The first-order valence-corrected chi connectivity index (χ1v) is 11.4. The molecule has 4 aromatic rings. The highest BCUT2D eigenvalue weighted by molar-refractivity contribution is 6.30. The number of aryl methyl sites for hydroxylation is 1. The van der Waals surface area contributed by atoms with Crippen LogP contribution in [0.4, 0.5) is 0 Å². The predicted molar refractivity (Wildman–Crippen MR) is 128 cm³/mol. The number of aromatic amines is 1. The molecule has 0 saturated heterocycles. The molecule has 0 bridgehead atoms. The van der Waals surface area contributed by atoms with E-state index in [1.54, 1.807) is 12.3 Å². The summed E-state index contributed by atoms with van der Waals surface area (Å²) in [5.74, 6) is 2.53. The van der Waals surface area contributed by atoms with E-state index in [0.29, 0.717) is 10.7 Å². The largest absolute Gasteiger partial charge is 0.445 e. The maximum Gasteiger partial charge on any atom is 0.284 e. The highest BCUT2D eigenvalue weighted by Crippen LogP contribution is 2.45. The van der Waals surface area contributed by atoms with E-state index >= 15 is 0 Å². The lowest BCUT2D eigenvalue weighted by atomic mass is 9.98. The number of hydrogen-bond donors (Lipinski definition) is 1. The Morgan fingerprint density at radius 1 is 1.15 bits per heavy atom. The Hall–Kier alpha value is -3.35. The summed E-state index contributed by atoms with van der Waals surface area (Å²) >= 11 is 5.96. The minimum atomic E-state index is -0.559. The van der Waals surface area contributed by atoms with Crippen molar-refractivity contribution in [1.29, 1.82) is 0 Å². The summed E-state index contributed by atoms with van der Waals surface area (Å²) < 4.78 is 12.2. The van der Waals surface area contributed by atoms with Crippen LogP contribution in [0.5, 0.6) is 11.5 Å². The lowest BCUT2D eigenvalue weighted by Crippen LogP contribution is -2.28. The molecule has 166 valence electrons. The standard InChI is InChI=1S/C26H23ClN4O2/c1-16-5-7-20-22(13-16)30-24(29-20)15-31-11-9-17(10-12-31)19-3-2-4-23-25(19)33-26(32-23)21-8-6-18(27)14-28-21/h2-9,13-14,26H,10-12,15H2,1H3,(H,29,30). The predicted octanol–water partition coefficient (Wildman–Crippen LogP) is 5.68. The van der Waals surface area contributed by atoms with Gasteiger partial charge in [0.25, 0.3) is 6.29 Å². The van der Waals surface area contributed by atoms with Crippen molar-refractivity contribution >= 4 is 28.2 Å². The van der Waals surface area contributed by atoms with Crippen molar-refractivity contribution in [2.75, 3.05) is 13.1 Å². The van der Waals surface area contributed by atoms with E-state index in [-0.39, 0.29) is 0 Å². The fourth-order valence-corrected chi connectivity index (χ4v) is 4.55. The van der Waals surface area contributed by atoms with Crippen LogP contribution in [0.25, 0.3) is 16.6 Å². The van der Waals surface area contributed by atoms with Crippen LogP contribution in [-0.4, -0.2) is 32.9 Å². The van der Waals surface area contributed by atoms with E-state index < -0.39 is 6.29 Å². The zero-order valence-corrected chi connectivity index (χ0v) is 19.0. The molecule has 1 atom stereocenters. The molecule has 2 aliphatic heterocycles. The third-order valence-corrected chi connectivity index (χ3v) is 6.35. The Labute approximate surface area is 196 Å². The van der Waals surface area contributed by atoms with Gasteiger partial charge in [0, 0.05) is 24.8 Å². The summed E-state index contributed by atoms with van der Waals surface area (Å²) in [7, 11) is 0. The first-order chi connectivity index (χ1) is 16.1. The van der Waals surface area contributed by atoms with Crippen LogP contribution in [0.15, 0.2) is 60.8 Å². The Bertz CT molecular complexity index is 1360. The number of imidazole rings is 1. The smallest absolute Gasteiger partial charge is 0.284 e. The second-order valence-electron chi connectivity index (χ2n) is 8.52. The number of ether oxygens (including phenoxy) is 2. The molecule has 1 unspecified atom stereocenters. The molecule has 1 N–H and O–H groups in total. The number of aromatic nitrogens is 3. The SMILES string of the molecule is Cc1ccc2nc(CN3CC=C(c4cccc5c4OC(c4ccc(Cl)cn4)O5)CC3)[nH]c2c1. The van der Waals surface area contributed by atoms with Gasteiger partial charge >= 0.3 is 0 Å². The van der Waals surface area contributed by atoms with Crippen molar-refractivity contribution in [2.45, 2.75) is 26.2 Å². The molecule has 2 aliphatic rings. The van der Waals surface area contributed by atoms with Gasteiger partial charge in [-0.2, -0.15) is 0 Å². The monoisotopic (exact) mass is 458 g/mol. The number of H-pyrrole nitrogens is 1. The number of para-hydroxylation sites is 1. The van der Waals surface area contributed by atoms with E-state index in [1.807, 2.05) is 18.2 Å². The molecule has 2 aromatic heterocycles. The van der Waals surface area contributed by atoms with Gasteiger partial charge in [-0.3, -0.25) is 9.88 Å². The zero-order valence-electron chi connectivity index (χ0n) is 18.2. The second-order valence-corrected chi connectivity index (χ2v) is 8.96. The molecule has 0 amide bonds. The Kier molecular flexibility index (Phi) is 5.04. The fourth-order valence-electron chi connectivity index (χ4n) is 4.44. The Balaban J connectivity index is 1.17. The highest BCUT2D eigenvalue weighted by atomic mass is 35.5. The number of nitrogens with zero attached hydrogens (tertiary/aromatic N) is 3. The van der Waals surface area contributed by atoms with Crippen molar-refractivity contribution in [3.63, 3.8) is 0 Å². The highest BCUT2D eigenvalue weighted by Gasteiger charge is 2.30. The van der Waals surface area contributed by atoms with E-state index in [1.165, 1.54) is 11.1 Å². The average molecular weight is 459 g/mol. The van der Waals surface area contributed by atoms with Crippen LogP contribution >= 0.6 is 11.6 Å². The van der Waals surface area contributed by atoms with Gasteiger partial charge in [-0.15, -0.1) is 0 Å². The van der Waals surface area contributed by atoms with Crippen molar-refractivity contribution in [2.24, 2.45) is 0 Å². The van der Waals surface area contributed by atoms with E-state index in [4.69, 9.17) is 26.1 Å². The van der Waals surface area contributed by atoms with Crippen LogP contribution in [0.2, 0.25) is 5.02 Å². The quantitative estimate of drug-likeness (QED) is 0.426. The summed E-state index contributed by atoms with van der Waals surface area (Å²) in [4.78, 5) is 14.9. The molecule has 0 spiro atoms. The van der Waals surface area contributed by atoms with E-state index in [9.17, 15) is 0 Å². The van der Waals surface area contributed by atoms with Crippen LogP contribution in [0.3, 0.4) is 0 Å². The van der Waals surface area contributed by atoms with Gasteiger partial charge in [-0.1, -0.05) is 35.9 Å². The molecule has 0 radical (unpaired) electrons. The Morgan fingerprint density at radius 3 is 2.91 bits per heavy atom. The zero-order chi connectivity index (χ0) is 22.4. The topological polar surface area (TPSA) is 63.3 Å². The number of nitrogens with one attached hydrogen (secondary N) is 1. The minimum absolute atomic E-state index is 0.559. The lowest BCUT2D eigenvalue weighted by Gasteiger charge is -2.26. The number of benzene rings is 2. The van der Waals surface area contributed by atoms with Gasteiger partial charge in [-0.25, -0.2) is 4.98 Å². The summed E-state index contributed by atoms with van der Waals surface area (Å²) in [6.45, 7) is 4.71. The van der Waals surface area contributed by atoms with Crippen LogP contribution in [0.1, 0.15) is 35.4 Å². The van der Waals surface area contributed by atoms with E-state index in [0.717, 1.165) is 60.0 Å². The minimum Gasteiger partial charge on any atom is -0.445 e. The van der Waals surface area contributed by atoms with Gasteiger partial charge in [-0.05, 0) is 54.8 Å². The molecule has 2 aromatic carbocycles. The van der Waals surface area contributed by atoms with Gasteiger partial charge in [0.05, 0.1) is 22.6 Å². The normalized spacial score (nSPS) is 18.0. The first kappa shape index (κ1) is 20.3. The van der Waals surface area contributed by atoms with Gasteiger partial charge in [0.1, 0.15) is 11.5 Å². The molecular weight excluding hydrogens is 436 g/mol. The molecule has 6 rings (SSSR count). The van der Waals surface area contributed by atoms with Crippen molar-refractivity contribution < 1.29 is 9.47 Å². The summed E-state index contributed by atoms with van der Waals surface area (Å²) in [5, 5.41) is 0.588. The molecule has 7 heteroatoms. The molecule has 0 saturated carbocycles. The van der Waals surface area contributed by atoms with Gasteiger partial charge in [0.2, 0.25) is 0 Å². The molecule has 6 nitrogen and oxygen atoms in total. The maximum absolute atomic E-state index is 6.19. The number of hydrogen-bond acceptors (Lipinski definition) is 5. The van der Waals surface area contributed by atoms with Crippen molar-refractivity contribution in [1.82, 2.24) is 19.9 Å². The molecule has 4 heterocycles. The first-order valence-electron chi connectivity index (χ1n) is 11.1. The van der Waals surface area contributed by atoms with Crippen LogP contribution in [0, 0.1) is 6.92 Å². The van der Waals surface area contributed by atoms with E-state index in [2.05, 4.69) is 52.1 Å². The fraction of sp³-hybridized carbons (Fsp3) is 0.231. The Morgan fingerprint density at radius 2 is 2.09 bits per heavy atom. The van der Waals surface area contributed by atoms with Gasteiger partial charge in [0.15, 0.2) is 11.5 Å². The van der Waals surface area contributed by atoms with Crippen LogP contribution < -0.4 is 9.47 Å². The molecule has 0 fully saturated rings. The average Bonchev–Trinajstić information content (AvgIpc) is 3.43. The summed E-state index contributed by atoms with van der Waals surface area (Å²) in [6, 6.07) is 16.0. The summed E-state index contributed by atoms with van der Waals surface area (Å²) in [5.41, 5.74) is 6.41. The second kappa shape index (κ2) is 8.21. The molecule has 33 heavy (non-hydrogen) atoms. The molecular formula is C26H23ClN4O2. The number of rotatable bonds is 4. The van der Waals surface area contributed by atoms with Crippen molar-refractivity contribution in [3.8, 4) is 11.5 Å². The molecule has 0 aliphatic carbocycles. The number of fused-ring (bicyclic) bond motifs is 2. The maximum atomic E-state index is 6.19. The van der Waals surface area contributed by atoms with Crippen LogP contribution in [-0.2, 0) is 6.54 Å².